The van der Waals surface area contributed by atoms with Crippen molar-refractivity contribution < 1.29 is 9.53 Å². The van der Waals surface area contributed by atoms with Gasteiger partial charge in [0, 0.05) is 16.9 Å². The number of hydrogen-bond donors (Lipinski definition) is 0. The fourth-order valence-electron chi connectivity index (χ4n) is 0.596. The molecule has 0 aromatic carbocycles. The summed E-state index contributed by atoms with van der Waals surface area (Å²) < 4.78 is 4.84. The van der Waals surface area contributed by atoms with Gasteiger partial charge in [-0.3, -0.25) is 4.79 Å². The van der Waals surface area contributed by atoms with Crippen molar-refractivity contribution in [1.29, 1.82) is 0 Å². The van der Waals surface area contributed by atoms with E-state index in [1.807, 2.05) is 21.6 Å². The summed E-state index contributed by atoms with van der Waals surface area (Å²) in [6.07, 6.45) is 1.44. The highest BCUT2D eigenvalue weighted by Crippen LogP contribution is 2.35. The van der Waals surface area contributed by atoms with Crippen molar-refractivity contribution in [3.63, 3.8) is 0 Å². The maximum absolute atomic E-state index is 10.7. The van der Waals surface area contributed by atoms with E-state index in [9.17, 15) is 4.79 Å². The van der Waals surface area contributed by atoms with Gasteiger partial charge < -0.3 is 4.74 Å². The molecule has 0 atom stereocenters. The first-order valence-corrected chi connectivity index (χ1v) is 6.65. The van der Waals surface area contributed by atoms with Gasteiger partial charge in [-0.05, 0) is 6.42 Å². The number of esters is 1. The van der Waals surface area contributed by atoms with Crippen LogP contribution < -0.4 is 0 Å². The van der Waals surface area contributed by atoms with E-state index in [0.29, 0.717) is 11.2 Å². The number of rotatable bonds is 5. The second-order valence-electron chi connectivity index (χ2n) is 3.70. The maximum Gasteiger partial charge on any atom is 0.305 e. The molecule has 0 saturated carbocycles. The van der Waals surface area contributed by atoms with Gasteiger partial charge in [0.1, 0.15) is 0 Å². The molecular weight excluding hydrogens is 204 g/mol. The quantitative estimate of drug-likeness (QED) is 0.405. The largest absolute Gasteiger partial charge is 0.469 e. The summed E-state index contributed by atoms with van der Waals surface area (Å²) in [5, 5.41) is 0. The molecule has 0 saturated heterocycles. The molecule has 0 rings (SSSR count). The fraction of sp³-hybridized carbons (Fsp3) is 0.889. The van der Waals surface area contributed by atoms with Gasteiger partial charge in [-0.2, -0.15) is 0 Å². The van der Waals surface area contributed by atoms with E-state index in [4.69, 9.17) is 0 Å². The second-order valence-corrected chi connectivity index (χ2v) is 6.94. The molecule has 0 fully saturated rings. The highest BCUT2D eigenvalue weighted by molar-refractivity contribution is 8.77. The van der Waals surface area contributed by atoms with Crippen LogP contribution >= 0.6 is 21.6 Å². The van der Waals surface area contributed by atoms with Crippen LogP contribution in [0, 0.1) is 0 Å². The van der Waals surface area contributed by atoms with Crippen LogP contribution in [0.5, 0.6) is 0 Å². The second kappa shape index (κ2) is 6.60. The molecule has 0 amide bonds. The van der Waals surface area contributed by atoms with Crippen molar-refractivity contribution in [3.05, 3.63) is 0 Å². The SMILES string of the molecule is COC(=O)CCCSSC(C)(C)C. The molecule has 0 N–H and O–H groups in total. The van der Waals surface area contributed by atoms with Crippen molar-refractivity contribution in [2.24, 2.45) is 0 Å². The molecule has 78 valence electrons. The molecule has 13 heavy (non-hydrogen) atoms. The highest BCUT2D eigenvalue weighted by Gasteiger charge is 2.10. The lowest BCUT2D eigenvalue weighted by Gasteiger charge is -2.15. The first-order chi connectivity index (χ1) is 5.95. The van der Waals surface area contributed by atoms with E-state index in [0.717, 1.165) is 12.2 Å². The van der Waals surface area contributed by atoms with E-state index in [-0.39, 0.29) is 5.97 Å². The van der Waals surface area contributed by atoms with E-state index < -0.39 is 0 Å². The minimum Gasteiger partial charge on any atom is -0.469 e. The number of methoxy groups -OCH3 is 1. The molecule has 0 aliphatic rings. The van der Waals surface area contributed by atoms with Crippen LogP contribution in [0.1, 0.15) is 33.6 Å². The van der Waals surface area contributed by atoms with Crippen LogP contribution in [0.3, 0.4) is 0 Å². The number of ether oxygens (including phenoxy) is 1. The molecule has 0 bridgehead atoms. The first kappa shape index (κ1) is 13.2. The van der Waals surface area contributed by atoms with Crippen LogP contribution in [-0.4, -0.2) is 23.6 Å². The molecule has 4 heteroatoms. The third-order valence-electron chi connectivity index (χ3n) is 1.15. The molecule has 0 heterocycles. The lowest BCUT2D eigenvalue weighted by molar-refractivity contribution is -0.140. The Kier molecular flexibility index (Phi) is 6.68. The summed E-state index contributed by atoms with van der Waals surface area (Å²) >= 11 is 0. The van der Waals surface area contributed by atoms with Gasteiger partial charge >= 0.3 is 5.97 Å². The summed E-state index contributed by atoms with van der Waals surface area (Å²) in [6.45, 7) is 6.56. The topological polar surface area (TPSA) is 26.3 Å². The first-order valence-electron chi connectivity index (χ1n) is 4.33. The molecule has 0 aromatic heterocycles. The minimum atomic E-state index is -0.110. The normalized spacial score (nSPS) is 11.4. The van der Waals surface area contributed by atoms with Crippen molar-refractivity contribution >= 4 is 27.6 Å². The number of carbonyl (C=O) groups excluding carboxylic acids is 1. The highest BCUT2D eigenvalue weighted by atomic mass is 33.1. The average molecular weight is 222 g/mol. The van der Waals surface area contributed by atoms with Crippen molar-refractivity contribution in [2.45, 2.75) is 38.4 Å². The Morgan fingerprint density at radius 1 is 1.38 bits per heavy atom. The van der Waals surface area contributed by atoms with Crippen LogP contribution in [0.25, 0.3) is 0 Å². The fourth-order valence-corrected chi connectivity index (χ4v) is 2.96. The van der Waals surface area contributed by atoms with Crippen molar-refractivity contribution in [1.82, 2.24) is 0 Å². The van der Waals surface area contributed by atoms with Crippen LogP contribution in [0.15, 0.2) is 0 Å². The summed E-state index contributed by atoms with van der Waals surface area (Å²) in [5.41, 5.74) is 0. The van der Waals surface area contributed by atoms with Gasteiger partial charge in [0.05, 0.1) is 7.11 Å². The van der Waals surface area contributed by atoms with Gasteiger partial charge in [-0.15, -0.1) is 0 Å². The van der Waals surface area contributed by atoms with Crippen molar-refractivity contribution in [2.75, 3.05) is 12.9 Å². The standard InChI is InChI=1S/C9H18O2S2/c1-9(2,3)13-12-7-5-6-8(10)11-4/h5-7H2,1-4H3. The Hall–Kier alpha value is 0.170. The van der Waals surface area contributed by atoms with E-state index in [1.165, 1.54) is 7.11 Å². The van der Waals surface area contributed by atoms with E-state index in [2.05, 4.69) is 25.5 Å². The maximum atomic E-state index is 10.7. The summed E-state index contributed by atoms with van der Waals surface area (Å²) in [4.78, 5) is 10.7. The Bertz CT molecular complexity index is 152. The Morgan fingerprint density at radius 3 is 2.46 bits per heavy atom. The molecule has 0 unspecified atom stereocenters. The molecule has 0 radical (unpaired) electrons. The predicted octanol–water partition coefficient (Wildman–Crippen LogP) is 3.12. The lowest BCUT2D eigenvalue weighted by Crippen LogP contribution is -2.05. The van der Waals surface area contributed by atoms with E-state index in [1.54, 1.807) is 0 Å². The molecule has 0 spiro atoms. The van der Waals surface area contributed by atoms with Gasteiger partial charge in [-0.1, -0.05) is 42.4 Å². The molecule has 0 aliphatic heterocycles. The lowest BCUT2D eigenvalue weighted by atomic mass is 10.3. The minimum absolute atomic E-state index is 0.110. The molecule has 0 aliphatic carbocycles. The third kappa shape index (κ3) is 10.1. The Morgan fingerprint density at radius 2 is 2.00 bits per heavy atom. The Balaban J connectivity index is 3.22. The van der Waals surface area contributed by atoms with Crippen LogP contribution in [0.4, 0.5) is 0 Å². The molecule has 0 aromatic rings. The van der Waals surface area contributed by atoms with Crippen LogP contribution in [0.2, 0.25) is 0 Å². The third-order valence-corrected chi connectivity index (χ3v) is 4.57. The number of hydrogen-bond acceptors (Lipinski definition) is 4. The predicted molar refractivity (Wildman–Crippen MR) is 61.1 cm³/mol. The summed E-state index contributed by atoms with van der Waals surface area (Å²) in [7, 11) is 5.11. The van der Waals surface area contributed by atoms with Crippen molar-refractivity contribution in [3.8, 4) is 0 Å². The zero-order valence-corrected chi connectivity index (χ0v) is 10.4. The van der Waals surface area contributed by atoms with Crippen LogP contribution in [-0.2, 0) is 9.53 Å². The molecular formula is C9H18O2S2. The van der Waals surface area contributed by atoms with Gasteiger partial charge in [0.25, 0.3) is 0 Å². The summed E-state index contributed by atoms with van der Waals surface area (Å²) in [5.74, 6) is 0.901. The monoisotopic (exact) mass is 222 g/mol. The van der Waals surface area contributed by atoms with Gasteiger partial charge in [0.2, 0.25) is 0 Å². The van der Waals surface area contributed by atoms with Gasteiger partial charge in [0.15, 0.2) is 0 Å². The average Bonchev–Trinajstić information content (AvgIpc) is 2.01. The van der Waals surface area contributed by atoms with E-state index >= 15 is 0 Å². The Labute approximate surface area is 88.6 Å². The molecule has 2 nitrogen and oxygen atoms in total. The summed E-state index contributed by atoms with van der Waals surface area (Å²) in [6, 6.07) is 0. The number of carbonyl (C=O) groups is 1. The smallest absolute Gasteiger partial charge is 0.305 e. The van der Waals surface area contributed by atoms with Gasteiger partial charge in [-0.25, -0.2) is 0 Å². The zero-order chi connectivity index (χ0) is 10.3. The zero-order valence-electron chi connectivity index (χ0n) is 8.75.